The zero-order chi connectivity index (χ0) is 18.3. The van der Waals surface area contributed by atoms with Gasteiger partial charge < -0.3 is 23.7 Å². The van der Waals surface area contributed by atoms with Crippen molar-refractivity contribution in [3.63, 3.8) is 0 Å². The van der Waals surface area contributed by atoms with E-state index in [1.165, 1.54) is 0 Å². The maximum absolute atomic E-state index is 12.2. The van der Waals surface area contributed by atoms with E-state index in [1.54, 1.807) is 0 Å². The Morgan fingerprint density at radius 2 is 2.00 bits per heavy atom. The van der Waals surface area contributed by atoms with Crippen LogP contribution in [0.2, 0.25) is 0 Å². The molecule has 6 atom stereocenters. The summed E-state index contributed by atoms with van der Waals surface area (Å²) in [4.78, 5) is 12.2. The van der Waals surface area contributed by atoms with Gasteiger partial charge in [0.1, 0.15) is 12.2 Å². The molecule has 0 aromatic heterocycles. The molecule has 1 aliphatic carbocycles. The fourth-order valence-corrected chi connectivity index (χ4v) is 4.03. The van der Waals surface area contributed by atoms with E-state index in [1.807, 2.05) is 51.1 Å². The number of carbonyl (C=O) groups excluding carboxylic acids is 1. The lowest BCUT2D eigenvalue weighted by Gasteiger charge is -2.28. The van der Waals surface area contributed by atoms with Crippen LogP contribution >= 0.6 is 0 Å². The van der Waals surface area contributed by atoms with Crippen LogP contribution in [0.3, 0.4) is 0 Å². The van der Waals surface area contributed by atoms with E-state index < -0.39 is 5.79 Å². The molecule has 2 aliphatic heterocycles. The Kier molecular flexibility index (Phi) is 4.77. The average Bonchev–Trinajstić information content (AvgIpc) is 3.02. The Bertz CT molecular complexity index is 645. The van der Waals surface area contributed by atoms with Gasteiger partial charge in [0.25, 0.3) is 0 Å². The third-order valence-electron chi connectivity index (χ3n) is 5.27. The van der Waals surface area contributed by atoms with Crippen LogP contribution in [0.4, 0.5) is 0 Å². The summed E-state index contributed by atoms with van der Waals surface area (Å²) in [6, 6.07) is 10.00. The van der Waals surface area contributed by atoms with Gasteiger partial charge in [-0.15, -0.1) is 0 Å². The molecular weight excluding hydrogens is 336 g/mol. The van der Waals surface area contributed by atoms with Gasteiger partial charge in [-0.3, -0.25) is 4.79 Å². The second-order valence-corrected chi connectivity index (χ2v) is 7.55. The highest BCUT2D eigenvalue weighted by molar-refractivity contribution is 5.77. The van der Waals surface area contributed by atoms with Crippen molar-refractivity contribution in [3.05, 3.63) is 35.9 Å². The Balaban J connectivity index is 1.46. The van der Waals surface area contributed by atoms with E-state index in [2.05, 4.69) is 0 Å². The van der Waals surface area contributed by atoms with E-state index in [4.69, 9.17) is 23.7 Å². The lowest BCUT2D eigenvalue weighted by atomic mass is 10.0. The molecule has 0 radical (unpaired) electrons. The van der Waals surface area contributed by atoms with Crippen molar-refractivity contribution in [1.82, 2.24) is 0 Å². The number of hydrogen-bond acceptors (Lipinski definition) is 6. The van der Waals surface area contributed by atoms with Crippen molar-refractivity contribution < 1.29 is 28.5 Å². The van der Waals surface area contributed by atoms with Crippen LogP contribution in [-0.4, -0.2) is 49.4 Å². The minimum atomic E-state index is -0.620. The molecule has 4 rings (SSSR count). The molecule has 3 fully saturated rings. The first-order valence-electron chi connectivity index (χ1n) is 9.29. The molecule has 0 bridgehead atoms. The fourth-order valence-electron chi connectivity index (χ4n) is 4.03. The minimum absolute atomic E-state index is 0.0232. The molecule has 0 spiro atoms. The van der Waals surface area contributed by atoms with Crippen molar-refractivity contribution in [2.24, 2.45) is 11.8 Å². The monoisotopic (exact) mass is 362 g/mol. The molecule has 26 heavy (non-hydrogen) atoms. The molecule has 2 saturated heterocycles. The highest BCUT2D eigenvalue weighted by Gasteiger charge is 2.69. The largest absolute Gasteiger partial charge is 0.466 e. The first-order valence-corrected chi connectivity index (χ1v) is 9.29. The number of esters is 1. The lowest BCUT2D eigenvalue weighted by Crippen LogP contribution is -2.42. The molecule has 6 nitrogen and oxygen atoms in total. The molecular formula is C20H26O6. The Morgan fingerprint density at radius 3 is 2.65 bits per heavy atom. The summed E-state index contributed by atoms with van der Waals surface area (Å²) in [5, 5.41) is 0. The standard InChI is InChI=1S/C20H26O6/c1-4-22-19(21)15-14-17(15)25-16(13-11-24-20(2,3)26-13)18(14)23-10-12-8-6-5-7-9-12/h5-9,13-18H,4,10-11H2,1-3H3/t13?,14-,15-,16+,17-,18+/m0/s1. The van der Waals surface area contributed by atoms with Gasteiger partial charge in [-0.2, -0.15) is 0 Å². The lowest BCUT2D eigenvalue weighted by molar-refractivity contribution is -0.173. The Morgan fingerprint density at radius 1 is 1.23 bits per heavy atom. The number of fused-ring (bicyclic) bond motifs is 1. The van der Waals surface area contributed by atoms with Crippen molar-refractivity contribution >= 4 is 5.97 Å². The normalized spacial score (nSPS) is 37.3. The van der Waals surface area contributed by atoms with Crippen LogP contribution in [0.1, 0.15) is 26.3 Å². The smallest absolute Gasteiger partial charge is 0.312 e. The third kappa shape index (κ3) is 3.39. The van der Waals surface area contributed by atoms with Crippen LogP contribution in [0, 0.1) is 11.8 Å². The second kappa shape index (κ2) is 6.93. The molecule has 2 heterocycles. The number of benzene rings is 1. The predicted molar refractivity (Wildman–Crippen MR) is 92.2 cm³/mol. The number of carbonyl (C=O) groups is 1. The van der Waals surface area contributed by atoms with Gasteiger partial charge in [0, 0.05) is 5.92 Å². The average molecular weight is 362 g/mol. The summed E-state index contributed by atoms with van der Waals surface area (Å²) in [5.74, 6) is -1.03. The van der Waals surface area contributed by atoms with E-state index in [0.29, 0.717) is 19.8 Å². The van der Waals surface area contributed by atoms with Crippen molar-refractivity contribution in [2.45, 2.75) is 57.6 Å². The van der Waals surface area contributed by atoms with Crippen molar-refractivity contribution in [1.29, 1.82) is 0 Å². The van der Waals surface area contributed by atoms with Crippen molar-refractivity contribution in [2.75, 3.05) is 13.2 Å². The summed E-state index contributed by atoms with van der Waals surface area (Å²) in [6.07, 6.45) is -0.785. The predicted octanol–water partition coefficient (Wildman–Crippen LogP) is 2.30. The van der Waals surface area contributed by atoms with Crippen LogP contribution in [0.15, 0.2) is 30.3 Å². The number of rotatable bonds is 6. The van der Waals surface area contributed by atoms with Crippen LogP contribution in [0.5, 0.6) is 0 Å². The highest BCUT2D eigenvalue weighted by Crippen LogP contribution is 2.55. The van der Waals surface area contributed by atoms with E-state index >= 15 is 0 Å². The molecule has 0 amide bonds. The van der Waals surface area contributed by atoms with E-state index in [9.17, 15) is 4.79 Å². The number of hydrogen-bond donors (Lipinski definition) is 0. The summed E-state index contributed by atoms with van der Waals surface area (Å²) < 4.78 is 29.2. The third-order valence-corrected chi connectivity index (χ3v) is 5.27. The molecule has 142 valence electrons. The molecule has 3 aliphatic rings. The van der Waals surface area contributed by atoms with Gasteiger partial charge in [0.2, 0.25) is 0 Å². The van der Waals surface area contributed by atoms with Crippen LogP contribution in [-0.2, 0) is 35.1 Å². The topological polar surface area (TPSA) is 63.2 Å². The Hall–Kier alpha value is -1.47. The fraction of sp³-hybridized carbons (Fsp3) is 0.650. The van der Waals surface area contributed by atoms with Gasteiger partial charge in [0.05, 0.1) is 37.9 Å². The summed E-state index contributed by atoms with van der Waals surface area (Å²) in [6.45, 7) is 6.91. The van der Waals surface area contributed by atoms with Gasteiger partial charge in [-0.05, 0) is 26.3 Å². The maximum atomic E-state index is 12.2. The van der Waals surface area contributed by atoms with E-state index in [0.717, 1.165) is 5.56 Å². The quantitative estimate of drug-likeness (QED) is 0.724. The summed E-state index contributed by atoms with van der Waals surface area (Å²) in [7, 11) is 0. The molecule has 1 aromatic rings. The van der Waals surface area contributed by atoms with Gasteiger partial charge in [-0.25, -0.2) is 0 Å². The van der Waals surface area contributed by atoms with Gasteiger partial charge >= 0.3 is 5.97 Å². The zero-order valence-corrected chi connectivity index (χ0v) is 15.4. The molecule has 6 heteroatoms. The maximum Gasteiger partial charge on any atom is 0.312 e. The Labute approximate surface area is 153 Å². The van der Waals surface area contributed by atoms with Crippen molar-refractivity contribution in [3.8, 4) is 0 Å². The summed E-state index contributed by atoms with van der Waals surface area (Å²) >= 11 is 0. The van der Waals surface area contributed by atoms with Crippen LogP contribution < -0.4 is 0 Å². The zero-order valence-electron chi connectivity index (χ0n) is 15.4. The van der Waals surface area contributed by atoms with Crippen LogP contribution in [0.25, 0.3) is 0 Å². The number of ether oxygens (including phenoxy) is 5. The summed E-state index contributed by atoms with van der Waals surface area (Å²) in [5.41, 5.74) is 1.09. The highest BCUT2D eigenvalue weighted by atomic mass is 16.8. The first-order chi connectivity index (χ1) is 12.5. The van der Waals surface area contributed by atoms with E-state index in [-0.39, 0.29) is 42.2 Å². The van der Waals surface area contributed by atoms with Gasteiger partial charge in [0.15, 0.2) is 5.79 Å². The molecule has 0 N–H and O–H groups in total. The minimum Gasteiger partial charge on any atom is -0.466 e. The first kappa shape index (κ1) is 17.9. The van der Waals surface area contributed by atoms with Gasteiger partial charge in [-0.1, -0.05) is 30.3 Å². The molecule has 1 aromatic carbocycles. The molecule has 1 unspecified atom stereocenters. The SMILES string of the molecule is CCOC(=O)[C@@H]1[C@H]2O[C@H](C3COC(C)(C)O3)[C@H](OCc3ccccc3)[C@H]21. The molecule has 1 saturated carbocycles. The second-order valence-electron chi connectivity index (χ2n) is 7.55.